The average Bonchev–Trinajstić information content (AvgIpc) is 2.72. The first-order chi connectivity index (χ1) is 13.7. The highest BCUT2D eigenvalue weighted by atomic mass is 16.5. The maximum atomic E-state index is 5.99. The van der Waals surface area contributed by atoms with E-state index in [1.165, 1.54) is 22.3 Å². The van der Waals surface area contributed by atoms with Crippen LogP contribution in [0.15, 0.2) is 66.7 Å². The van der Waals surface area contributed by atoms with Gasteiger partial charge in [-0.05, 0) is 49.6 Å². The van der Waals surface area contributed by atoms with Crippen LogP contribution in [0.3, 0.4) is 0 Å². The summed E-state index contributed by atoms with van der Waals surface area (Å²) >= 11 is 0. The lowest BCUT2D eigenvalue weighted by molar-refractivity contribution is 0.303. The Morgan fingerprint density at radius 3 is 2.32 bits per heavy atom. The molecular formula is C25H29NO2. The summed E-state index contributed by atoms with van der Waals surface area (Å²) in [5.41, 5.74) is 6.11. The van der Waals surface area contributed by atoms with Crippen LogP contribution in [-0.2, 0) is 19.6 Å². The van der Waals surface area contributed by atoms with Crippen molar-refractivity contribution < 1.29 is 9.47 Å². The molecule has 0 heterocycles. The fraction of sp³-hybridized carbons (Fsp3) is 0.280. The van der Waals surface area contributed by atoms with Crippen molar-refractivity contribution in [1.82, 2.24) is 5.32 Å². The summed E-state index contributed by atoms with van der Waals surface area (Å²) in [6.45, 7) is 6.46. The standard InChI is InChI=1S/C25H29NO2/c1-19-9-11-22(12-10-19)18-28-23-15-20(2)24(25(16-23)27-3)17-26-14-13-21-7-5-4-6-8-21/h4-12,15-16,26H,13-14,17-18H2,1-3H3. The Kier molecular flexibility index (Phi) is 7.10. The van der Waals surface area contributed by atoms with E-state index in [-0.39, 0.29) is 0 Å². The van der Waals surface area contributed by atoms with Crippen LogP contribution >= 0.6 is 0 Å². The second kappa shape index (κ2) is 9.95. The van der Waals surface area contributed by atoms with Gasteiger partial charge in [0.1, 0.15) is 18.1 Å². The normalized spacial score (nSPS) is 10.7. The highest BCUT2D eigenvalue weighted by molar-refractivity contribution is 5.46. The van der Waals surface area contributed by atoms with Crippen molar-refractivity contribution in [3.05, 3.63) is 94.5 Å². The molecule has 0 spiro atoms. The highest BCUT2D eigenvalue weighted by Gasteiger charge is 2.10. The minimum Gasteiger partial charge on any atom is -0.496 e. The second-order valence-electron chi connectivity index (χ2n) is 7.11. The number of ether oxygens (including phenoxy) is 2. The van der Waals surface area contributed by atoms with Gasteiger partial charge in [-0.25, -0.2) is 0 Å². The Morgan fingerprint density at radius 1 is 0.857 bits per heavy atom. The van der Waals surface area contributed by atoms with Crippen molar-refractivity contribution in [2.24, 2.45) is 0 Å². The monoisotopic (exact) mass is 375 g/mol. The molecule has 0 saturated heterocycles. The van der Waals surface area contributed by atoms with Gasteiger partial charge in [0.15, 0.2) is 0 Å². The van der Waals surface area contributed by atoms with Crippen LogP contribution in [0.1, 0.15) is 27.8 Å². The third-order valence-electron chi connectivity index (χ3n) is 4.89. The van der Waals surface area contributed by atoms with E-state index in [1.54, 1.807) is 7.11 Å². The zero-order valence-corrected chi connectivity index (χ0v) is 17.0. The summed E-state index contributed by atoms with van der Waals surface area (Å²) < 4.78 is 11.6. The largest absolute Gasteiger partial charge is 0.496 e. The lowest BCUT2D eigenvalue weighted by atomic mass is 10.1. The molecule has 0 aliphatic rings. The van der Waals surface area contributed by atoms with Gasteiger partial charge in [-0.2, -0.15) is 0 Å². The maximum absolute atomic E-state index is 5.99. The summed E-state index contributed by atoms with van der Waals surface area (Å²) in [7, 11) is 1.71. The van der Waals surface area contributed by atoms with Gasteiger partial charge >= 0.3 is 0 Å². The summed E-state index contributed by atoms with van der Waals surface area (Å²) in [5.74, 6) is 1.70. The van der Waals surface area contributed by atoms with E-state index < -0.39 is 0 Å². The molecule has 1 N–H and O–H groups in total. The molecular weight excluding hydrogens is 346 g/mol. The molecule has 146 valence electrons. The first kappa shape index (κ1) is 20.0. The zero-order chi connectivity index (χ0) is 19.8. The molecule has 28 heavy (non-hydrogen) atoms. The summed E-state index contributed by atoms with van der Waals surface area (Å²) in [5, 5.41) is 3.53. The minimum atomic E-state index is 0.553. The van der Waals surface area contributed by atoms with Crippen LogP contribution in [0.2, 0.25) is 0 Å². The topological polar surface area (TPSA) is 30.5 Å². The molecule has 0 aliphatic carbocycles. The van der Waals surface area contributed by atoms with Crippen molar-refractivity contribution >= 4 is 0 Å². The maximum Gasteiger partial charge on any atom is 0.127 e. The molecule has 3 nitrogen and oxygen atoms in total. The molecule has 0 fully saturated rings. The second-order valence-corrected chi connectivity index (χ2v) is 7.11. The molecule has 3 heteroatoms. The molecule has 0 atom stereocenters. The first-order valence-electron chi connectivity index (χ1n) is 9.76. The Balaban J connectivity index is 1.58. The number of methoxy groups -OCH3 is 1. The number of nitrogens with one attached hydrogen (secondary N) is 1. The minimum absolute atomic E-state index is 0.553. The van der Waals surface area contributed by atoms with Crippen molar-refractivity contribution in [2.75, 3.05) is 13.7 Å². The van der Waals surface area contributed by atoms with Crippen LogP contribution in [0, 0.1) is 13.8 Å². The van der Waals surface area contributed by atoms with Crippen LogP contribution in [-0.4, -0.2) is 13.7 Å². The molecule has 0 saturated carbocycles. The Morgan fingerprint density at radius 2 is 1.61 bits per heavy atom. The van der Waals surface area contributed by atoms with E-state index in [9.17, 15) is 0 Å². The predicted molar refractivity (Wildman–Crippen MR) is 115 cm³/mol. The van der Waals surface area contributed by atoms with Crippen molar-refractivity contribution in [2.45, 2.75) is 33.4 Å². The molecule has 0 bridgehead atoms. The van der Waals surface area contributed by atoms with Gasteiger partial charge in [0, 0.05) is 18.2 Å². The van der Waals surface area contributed by atoms with Gasteiger partial charge in [-0.3, -0.25) is 0 Å². The summed E-state index contributed by atoms with van der Waals surface area (Å²) in [4.78, 5) is 0. The number of hydrogen-bond acceptors (Lipinski definition) is 3. The molecule has 3 aromatic carbocycles. The van der Waals surface area contributed by atoms with Crippen molar-refractivity contribution in [3.8, 4) is 11.5 Å². The Hall–Kier alpha value is -2.78. The van der Waals surface area contributed by atoms with E-state index in [0.29, 0.717) is 6.61 Å². The number of benzene rings is 3. The third-order valence-corrected chi connectivity index (χ3v) is 4.89. The predicted octanol–water partition coefficient (Wildman–Crippen LogP) is 5.22. The van der Waals surface area contributed by atoms with Crippen molar-refractivity contribution in [1.29, 1.82) is 0 Å². The third kappa shape index (κ3) is 5.61. The molecule has 0 aromatic heterocycles. The van der Waals surface area contributed by atoms with Crippen LogP contribution in [0.4, 0.5) is 0 Å². The Bertz CT molecular complexity index is 873. The fourth-order valence-electron chi connectivity index (χ4n) is 3.19. The molecule has 0 unspecified atom stereocenters. The SMILES string of the molecule is COc1cc(OCc2ccc(C)cc2)cc(C)c1CNCCc1ccccc1. The fourth-order valence-corrected chi connectivity index (χ4v) is 3.19. The number of aryl methyl sites for hydroxylation is 2. The highest BCUT2D eigenvalue weighted by Crippen LogP contribution is 2.29. The van der Waals surface area contributed by atoms with Gasteiger partial charge in [-0.1, -0.05) is 60.2 Å². The number of hydrogen-bond donors (Lipinski definition) is 1. The van der Waals surface area contributed by atoms with Crippen LogP contribution in [0.5, 0.6) is 11.5 Å². The molecule has 3 rings (SSSR count). The lowest BCUT2D eigenvalue weighted by Gasteiger charge is -2.16. The summed E-state index contributed by atoms with van der Waals surface area (Å²) in [6, 6.07) is 23.0. The van der Waals surface area contributed by atoms with Gasteiger partial charge in [0.25, 0.3) is 0 Å². The smallest absolute Gasteiger partial charge is 0.127 e. The van der Waals surface area contributed by atoms with Gasteiger partial charge < -0.3 is 14.8 Å². The Labute approximate surface area is 168 Å². The quantitative estimate of drug-likeness (QED) is 0.520. The van der Waals surface area contributed by atoms with E-state index >= 15 is 0 Å². The number of rotatable bonds is 9. The van der Waals surface area contributed by atoms with Gasteiger partial charge in [0.05, 0.1) is 7.11 Å². The van der Waals surface area contributed by atoms with E-state index in [0.717, 1.165) is 36.6 Å². The van der Waals surface area contributed by atoms with E-state index in [2.05, 4.69) is 73.8 Å². The van der Waals surface area contributed by atoms with E-state index in [1.807, 2.05) is 12.1 Å². The average molecular weight is 376 g/mol. The summed E-state index contributed by atoms with van der Waals surface area (Å²) in [6.07, 6.45) is 1.01. The molecule has 0 radical (unpaired) electrons. The first-order valence-corrected chi connectivity index (χ1v) is 9.76. The van der Waals surface area contributed by atoms with Crippen LogP contribution < -0.4 is 14.8 Å². The lowest BCUT2D eigenvalue weighted by Crippen LogP contribution is -2.18. The molecule has 3 aromatic rings. The van der Waals surface area contributed by atoms with E-state index in [4.69, 9.17) is 9.47 Å². The zero-order valence-electron chi connectivity index (χ0n) is 17.0. The van der Waals surface area contributed by atoms with Gasteiger partial charge in [-0.15, -0.1) is 0 Å². The van der Waals surface area contributed by atoms with Gasteiger partial charge in [0.2, 0.25) is 0 Å². The molecule has 0 amide bonds. The van der Waals surface area contributed by atoms with Crippen LogP contribution in [0.25, 0.3) is 0 Å². The molecule has 0 aliphatic heterocycles. The van der Waals surface area contributed by atoms with Crippen molar-refractivity contribution in [3.63, 3.8) is 0 Å².